The highest BCUT2D eigenvalue weighted by molar-refractivity contribution is 7.90. The van der Waals surface area contributed by atoms with Gasteiger partial charge in [0.05, 0.1) is 16.1 Å². The van der Waals surface area contributed by atoms with Crippen molar-refractivity contribution in [3.05, 3.63) is 83.6 Å². The van der Waals surface area contributed by atoms with Crippen LogP contribution in [0.5, 0.6) is 5.75 Å². The fourth-order valence-electron chi connectivity index (χ4n) is 3.70. The molecule has 11 heteroatoms. The zero-order valence-electron chi connectivity index (χ0n) is 18.7. The summed E-state index contributed by atoms with van der Waals surface area (Å²) in [5, 5.41) is 6.35. The third kappa shape index (κ3) is 4.82. The third-order valence-corrected chi connectivity index (χ3v) is 7.03. The van der Waals surface area contributed by atoms with Gasteiger partial charge in [-0.2, -0.15) is 8.78 Å². The summed E-state index contributed by atoms with van der Waals surface area (Å²) in [6.07, 6.45) is 1.42. The Morgan fingerprint density at radius 2 is 1.80 bits per heavy atom. The van der Waals surface area contributed by atoms with Gasteiger partial charge in [0.15, 0.2) is 11.6 Å². The number of ether oxygens (including phenoxy) is 1. The lowest BCUT2D eigenvalue weighted by Gasteiger charge is -2.12. The number of aromatic nitrogens is 1. The number of nitrogens with one attached hydrogen (secondary N) is 2. The molecule has 1 aromatic heterocycles. The van der Waals surface area contributed by atoms with E-state index in [0.29, 0.717) is 23.2 Å². The number of aryl methyl sites for hydroxylation is 1. The third-order valence-electron chi connectivity index (χ3n) is 5.36. The summed E-state index contributed by atoms with van der Waals surface area (Å²) in [6, 6.07) is 12.4. The number of rotatable bonds is 8. The maximum absolute atomic E-state index is 14.4. The molecule has 0 bridgehead atoms. The molecule has 184 valence electrons. The number of alkyl halides is 2. The highest BCUT2D eigenvalue weighted by Gasteiger charge is 2.23. The Kier molecular flexibility index (Phi) is 6.73. The van der Waals surface area contributed by atoms with Crippen LogP contribution >= 0.6 is 0 Å². The largest absolute Gasteiger partial charge is 0.435 e. The van der Waals surface area contributed by atoms with E-state index >= 15 is 0 Å². The number of fused-ring (bicyclic) bond motifs is 1. The summed E-state index contributed by atoms with van der Waals surface area (Å²) >= 11 is 0. The zero-order chi connectivity index (χ0) is 25.3. The molecule has 0 fully saturated rings. The molecule has 0 saturated carbocycles. The fraction of sp³-hybridized carbons (Fsp3) is 0.167. The topological polar surface area (TPSA) is 72.4 Å². The van der Waals surface area contributed by atoms with Crippen molar-refractivity contribution in [1.29, 1.82) is 0 Å². The van der Waals surface area contributed by atoms with E-state index in [1.165, 1.54) is 49.5 Å². The predicted octanol–water partition coefficient (Wildman–Crippen LogP) is 5.53. The van der Waals surface area contributed by atoms with E-state index in [-0.39, 0.29) is 27.4 Å². The molecular weight excluding hydrogens is 486 g/mol. The average molecular weight is 508 g/mol. The number of hydrogen-bond acceptors (Lipinski definition) is 5. The van der Waals surface area contributed by atoms with Crippen molar-refractivity contribution in [2.75, 3.05) is 12.4 Å². The summed E-state index contributed by atoms with van der Waals surface area (Å²) in [5.41, 5.74) is 1.28. The maximum atomic E-state index is 14.4. The van der Waals surface area contributed by atoms with E-state index in [4.69, 9.17) is 0 Å². The first-order valence-electron chi connectivity index (χ1n) is 10.4. The van der Waals surface area contributed by atoms with Gasteiger partial charge in [-0.1, -0.05) is 18.2 Å². The molecule has 4 aromatic rings. The molecule has 35 heavy (non-hydrogen) atoms. The summed E-state index contributed by atoms with van der Waals surface area (Å²) in [6.45, 7) is -1.32. The van der Waals surface area contributed by atoms with Crippen LogP contribution in [-0.4, -0.2) is 26.0 Å². The molecule has 6 nitrogen and oxygen atoms in total. The van der Waals surface area contributed by atoms with Crippen molar-refractivity contribution in [3.8, 4) is 5.75 Å². The van der Waals surface area contributed by atoms with Crippen LogP contribution in [0.15, 0.2) is 65.7 Å². The maximum Gasteiger partial charge on any atom is 0.387 e. The Hall–Kier alpha value is -3.57. The minimum absolute atomic E-state index is 0.110. The number of anilines is 2. The lowest BCUT2D eigenvalue weighted by Crippen LogP contribution is -2.13. The van der Waals surface area contributed by atoms with Gasteiger partial charge in [0, 0.05) is 29.9 Å². The Morgan fingerprint density at radius 1 is 1.03 bits per heavy atom. The molecular formula is C24H21F4N3O3S. The molecule has 0 atom stereocenters. The van der Waals surface area contributed by atoms with Gasteiger partial charge in [0.25, 0.3) is 10.0 Å². The van der Waals surface area contributed by atoms with Crippen LogP contribution in [0.2, 0.25) is 0 Å². The molecule has 1 heterocycles. The molecule has 2 N–H and O–H groups in total. The summed E-state index contributed by atoms with van der Waals surface area (Å²) in [7, 11) is -2.53. The van der Waals surface area contributed by atoms with Crippen molar-refractivity contribution in [2.45, 2.75) is 25.0 Å². The van der Waals surface area contributed by atoms with Gasteiger partial charge in [-0.15, -0.1) is 0 Å². The second-order valence-electron chi connectivity index (χ2n) is 7.75. The zero-order valence-corrected chi connectivity index (χ0v) is 19.5. The molecule has 0 amide bonds. The van der Waals surface area contributed by atoms with E-state index in [2.05, 4.69) is 15.4 Å². The van der Waals surface area contributed by atoms with Crippen molar-refractivity contribution in [3.63, 3.8) is 0 Å². The van der Waals surface area contributed by atoms with E-state index in [1.54, 1.807) is 19.2 Å². The molecule has 0 aliphatic rings. The molecule has 4 rings (SSSR count). The van der Waals surface area contributed by atoms with Crippen LogP contribution < -0.4 is 15.4 Å². The number of benzene rings is 3. The normalized spacial score (nSPS) is 11.9. The standard InChI is InChI=1S/C24H21F4N3O3S/c1-14-6-9-20(23(26)22(14)25)30-16-7-8-19-15(12-29-2)13-31(21(19)10-16)35(32,33)18-5-3-4-17(11-18)34-24(27)28/h3-11,13,24,29-30H,12H2,1-2H3. The quantitative estimate of drug-likeness (QED) is 0.307. The smallest absolute Gasteiger partial charge is 0.387 e. The molecule has 3 aromatic carbocycles. The first-order chi connectivity index (χ1) is 16.6. The molecule has 0 saturated heterocycles. The van der Waals surface area contributed by atoms with Crippen LogP contribution in [0.4, 0.5) is 28.9 Å². The molecule has 0 unspecified atom stereocenters. The SMILES string of the molecule is CNCc1cn(S(=O)(=O)c2cccc(OC(F)F)c2)c2cc(Nc3ccc(C)c(F)c3F)ccc12. The van der Waals surface area contributed by atoms with Crippen LogP contribution in [-0.2, 0) is 16.6 Å². The lowest BCUT2D eigenvalue weighted by atomic mass is 10.1. The first kappa shape index (κ1) is 24.6. The average Bonchev–Trinajstić information content (AvgIpc) is 3.18. The molecule has 0 radical (unpaired) electrons. The minimum Gasteiger partial charge on any atom is -0.435 e. The van der Waals surface area contributed by atoms with Gasteiger partial charge < -0.3 is 15.4 Å². The van der Waals surface area contributed by atoms with Gasteiger partial charge in [-0.05, 0) is 55.4 Å². The Morgan fingerprint density at radius 3 is 2.51 bits per heavy atom. The van der Waals surface area contributed by atoms with Crippen LogP contribution in [0.1, 0.15) is 11.1 Å². The van der Waals surface area contributed by atoms with E-state index in [1.807, 2.05) is 0 Å². The Labute approximate surface area is 199 Å². The Balaban J connectivity index is 1.82. The number of halogens is 4. The molecule has 0 aliphatic heterocycles. The fourth-order valence-corrected chi connectivity index (χ4v) is 5.12. The van der Waals surface area contributed by atoms with Gasteiger partial charge in [0.2, 0.25) is 0 Å². The van der Waals surface area contributed by atoms with Crippen LogP contribution in [0.25, 0.3) is 10.9 Å². The highest BCUT2D eigenvalue weighted by Crippen LogP contribution is 2.31. The van der Waals surface area contributed by atoms with Crippen molar-refractivity contribution >= 4 is 32.3 Å². The second kappa shape index (κ2) is 9.59. The second-order valence-corrected chi connectivity index (χ2v) is 9.57. The molecule has 0 spiro atoms. The lowest BCUT2D eigenvalue weighted by molar-refractivity contribution is -0.0499. The van der Waals surface area contributed by atoms with Crippen LogP contribution in [0.3, 0.4) is 0 Å². The molecule has 0 aliphatic carbocycles. The first-order valence-corrected chi connectivity index (χ1v) is 11.9. The van der Waals surface area contributed by atoms with Gasteiger partial charge in [-0.25, -0.2) is 21.2 Å². The number of nitrogens with zero attached hydrogens (tertiary/aromatic N) is 1. The van der Waals surface area contributed by atoms with Crippen molar-refractivity contribution in [2.24, 2.45) is 0 Å². The summed E-state index contributed by atoms with van der Waals surface area (Å²) < 4.78 is 85.9. The number of hydrogen-bond donors (Lipinski definition) is 2. The summed E-state index contributed by atoms with van der Waals surface area (Å²) in [5.74, 6) is -2.34. The van der Waals surface area contributed by atoms with Gasteiger partial charge in [-0.3, -0.25) is 0 Å². The van der Waals surface area contributed by atoms with Gasteiger partial charge in [0.1, 0.15) is 5.75 Å². The van der Waals surface area contributed by atoms with Crippen LogP contribution in [0, 0.1) is 18.6 Å². The minimum atomic E-state index is -4.23. The van der Waals surface area contributed by atoms with Gasteiger partial charge >= 0.3 is 6.61 Å². The van der Waals surface area contributed by atoms with E-state index in [0.717, 1.165) is 10.0 Å². The monoisotopic (exact) mass is 507 g/mol. The van der Waals surface area contributed by atoms with Crippen molar-refractivity contribution in [1.82, 2.24) is 9.29 Å². The summed E-state index contributed by atoms with van der Waals surface area (Å²) in [4.78, 5) is -0.256. The van der Waals surface area contributed by atoms with Crippen molar-refractivity contribution < 1.29 is 30.7 Å². The predicted molar refractivity (Wildman–Crippen MR) is 125 cm³/mol. The Bertz CT molecular complexity index is 1500. The van der Waals surface area contributed by atoms with E-state index < -0.39 is 28.3 Å². The van der Waals surface area contributed by atoms with E-state index in [9.17, 15) is 26.0 Å². The highest BCUT2D eigenvalue weighted by atomic mass is 32.2.